The first-order chi connectivity index (χ1) is 8.66. The van der Waals surface area contributed by atoms with Gasteiger partial charge in [-0.25, -0.2) is 0 Å². The molecule has 0 saturated carbocycles. The van der Waals surface area contributed by atoms with Crippen molar-refractivity contribution in [2.75, 3.05) is 11.5 Å². The lowest BCUT2D eigenvalue weighted by Gasteiger charge is -2.23. The van der Waals surface area contributed by atoms with Crippen molar-refractivity contribution < 1.29 is 9.90 Å². The fourth-order valence-corrected chi connectivity index (χ4v) is 3.78. The van der Waals surface area contributed by atoms with Gasteiger partial charge in [-0.15, -0.1) is 0 Å². The Morgan fingerprint density at radius 3 is 2.72 bits per heavy atom. The van der Waals surface area contributed by atoms with E-state index in [9.17, 15) is 4.79 Å². The molecule has 0 aromatic heterocycles. The van der Waals surface area contributed by atoms with E-state index in [-0.39, 0.29) is 6.42 Å². The van der Waals surface area contributed by atoms with Gasteiger partial charge in [0.1, 0.15) is 0 Å². The average molecular weight is 285 g/mol. The lowest BCUT2D eigenvalue weighted by Crippen LogP contribution is -2.08. The standard InChI is InChI=1S/C14H17ClO2S/c15-13-9-10(2-4-14(16)17)1-3-12(13)11-5-7-18-8-6-11/h1,3,9,11H,2,4-8H2,(H,16,17). The van der Waals surface area contributed by atoms with E-state index in [2.05, 4.69) is 6.07 Å². The van der Waals surface area contributed by atoms with E-state index in [0.717, 1.165) is 10.6 Å². The Morgan fingerprint density at radius 1 is 1.39 bits per heavy atom. The summed E-state index contributed by atoms with van der Waals surface area (Å²) in [6.45, 7) is 0. The number of rotatable bonds is 4. The molecule has 0 atom stereocenters. The van der Waals surface area contributed by atoms with Crippen LogP contribution in [0.3, 0.4) is 0 Å². The molecular weight excluding hydrogens is 268 g/mol. The Morgan fingerprint density at radius 2 is 2.11 bits per heavy atom. The summed E-state index contributed by atoms with van der Waals surface area (Å²) in [5.41, 5.74) is 2.24. The number of hydrogen-bond acceptors (Lipinski definition) is 2. The van der Waals surface area contributed by atoms with Crippen molar-refractivity contribution in [2.24, 2.45) is 0 Å². The molecule has 18 heavy (non-hydrogen) atoms. The van der Waals surface area contributed by atoms with Gasteiger partial charge in [0.05, 0.1) is 0 Å². The Labute approximate surface area is 117 Å². The quantitative estimate of drug-likeness (QED) is 0.909. The molecule has 1 fully saturated rings. The third kappa shape index (κ3) is 3.66. The highest BCUT2D eigenvalue weighted by Gasteiger charge is 2.18. The molecule has 1 aromatic rings. The molecule has 0 amide bonds. The maximum absolute atomic E-state index is 10.5. The highest BCUT2D eigenvalue weighted by molar-refractivity contribution is 7.99. The molecule has 0 unspecified atom stereocenters. The fourth-order valence-electron chi connectivity index (χ4n) is 2.32. The zero-order chi connectivity index (χ0) is 13.0. The first-order valence-corrected chi connectivity index (χ1v) is 7.78. The Balaban J connectivity index is 2.06. The molecule has 1 aliphatic heterocycles. The summed E-state index contributed by atoms with van der Waals surface area (Å²) in [6.07, 6.45) is 3.10. The van der Waals surface area contributed by atoms with Gasteiger partial charge in [0.2, 0.25) is 0 Å². The lowest BCUT2D eigenvalue weighted by atomic mass is 9.92. The van der Waals surface area contributed by atoms with Crippen molar-refractivity contribution in [2.45, 2.75) is 31.6 Å². The number of carboxylic acids is 1. The van der Waals surface area contributed by atoms with Gasteiger partial charge in [0.25, 0.3) is 0 Å². The summed E-state index contributed by atoms with van der Waals surface area (Å²) in [5.74, 6) is 2.23. The maximum Gasteiger partial charge on any atom is 0.303 e. The third-order valence-corrected chi connectivity index (χ3v) is 4.73. The molecule has 0 bridgehead atoms. The molecule has 0 aliphatic carbocycles. The minimum Gasteiger partial charge on any atom is -0.481 e. The van der Waals surface area contributed by atoms with E-state index >= 15 is 0 Å². The van der Waals surface area contributed by atoms with Crippen LogP contribution in [0.4, 0.5) is 0 Å². The molecule has 1 heterocycles. The van der Waals surface area contributed by atoms with E-state index < -0.39 is 5.97 Å². The number of carboxylic acid groups (broad SMARTS) is 1. The zero-order valence-electron chi connectivity index (χ0n) is 10.2. The van der Waals surface area contributed by atoms with Crippen LogP contribution < -0.4 is 0 Å². The van der Waals surface area contributed by atoms with Gasteiger partial charge in [0, 0.05) is 11.4 Å². The minimum atomic E-state index is -0.764. The summed E-state index contributed by atoms with van der Waals surface area (Å²) in [5, 5.41) is 9.47. The summed E-state index contributed by atoms with van der Waals surface area (Å²) >= 11 is 8.33. The molecule has 1 aromatic carbocycles. The third-order valence-electron chi connectivity index (χ3n) is 3.35. The van der Waals surface area contributed by atoms with Crippen LogP contribution in [0.2, 0.25) is 5.02 Å². The van der Waals surface area contributed by atoms with Crippen LogP contribution in [-0.4, -0.2) is 22.6 Å². The van der Waals surface area contributed by atoms with Crippen molar-refractivity contribution in [3.8, 4) is 0 Å². The van der Waals surface area contributed by atoms with Gasteiger partial charge in [-0.05, 0) is 53.9 Å². The zero-order valence-corrected chi connectivity index (χ0v) is 11.8. The van der Waals surface area contributed by atoms with Crippen LogP contribution in [0.5, 0.6) is 0 Å². The topological polar surface area (TPSA) is 37.3 Å². The minimum absolute atomic E-state index is 0.162. The fraction of sp³-hybridized carbons (Fsp3) is 0.500. The van der Waals surface area contributed by atoms with Crippen LogP contribution in [0.1, 0.15) is 36.3 Å². The Kier molecular flexibility index (Phi) is 4.95. The van der Waals surface area contributed by atoms with Crippen molar-refractivity contribution in [1.29, 1.82) is 0 Å². The summed E-state index contributed by atoms with van der Waals surface area (Å²) < 4.78 is 0. The van der Waals surface area contributed by atoms with E-state index in [1.54, 1.807) is 0 Å². The second kappa shape index (κ2) is 6.48. The largest absolute Gasteiger partial charge is 0.481 e. The predicted molar refractivity (Wildman–Crippen MR) is 76.7 cm³/mol. The first-order valence-electron chi connectivity index (χ1n) is 6.24. The Bertz CT molecular complexity index is 428. The molecule has 0 spiro atoms. The second-order valence-corrected chi connectivity index (χ2v) is 6.27. The van der Waals surface area contributed by atoms with E-state index in [0.29, 0.717) is 12.3 Å². The summed E-state index contributed by atoms with van der Waals surface area (Å²) in [6, 6.07) is 6.04. The van der Waals surface area contributed by atoms with E-state index in [1.807, 2.05) is 23.9 Å². The maximum atomic E-state index is 10.5. The van der Waals surface area contributed by atoms with Crippen molar-refractivity contribution in [3.05, 3.63) is 34.3 Å². The molecule has 1 N–H and O–H groups in total. The molecule has 98 valence electrons. The van der Waals surface area contributed by atoms with Crippen molar-refractivity contribution >= 4 is 29.3 Å². The molecular formula is C14H17ClO2S. The van der Waals surface area contributed by atoms with Crippen LogP contribution in [0.25, 0.3) is 0 Å². The molecule has 2 rings (SSSR count). The predicted octanol–water partition coefficient (Wildman–Crippen LogP) is 3.97. The number of aryl methyl sites for hydroxylation is 1. The average Bonchev–Trinajstić information content (AvgIpc) is 2.37. The second-order valence-electron chi connectivity index (χ2n) is 4.64. The van der Waals surface area contributed by atoms with Crippen molar-refractivity contribution in [3.63, 3.8) is 0 Å². The molecule has 2 nitrogen and oxygen atoms in total. The smallest absolute Gasteiger partial charge is 0.303 e. The number of halogens is 1. The van der Waals surface area contributed by atoms with Gasteiger partial charge < -0.3 is 5.11 Å². The highest BCUT2D eigenvalue weighted by Crippen LogP contribution is 2.35. The van der Waals surface area contributed by atoms with E-state index in [4.69, 9.17) is 16.7 Å². The molecule has 4 heteroatoms. The van der Waals surface area contributed by atoms with Gasteiger partial charge in [-0.1, -0.05) is 23.7 Å². The van der Waals surface area contributed by atoms with Crippen LogP contribution in [-0.2, 0) is 11.2 Å². The molecule has 1 saturated heterocycles. The number of hydrogen-bond donors (Lipinski definition) is 1. The SMILES string of the molecule is O=C(O)CCc1ccc(C2CCSCC2)c(Cl)c1. The van der Waals surface area contributed by atoms with Crippen LogP contribution >= 0.6 is 23.4 Å². The van der Waals surface area contributed by atoms with E-state index in [1.165, 1.54) is 29.9 Å². The number of carbonyl (C=O) groups is 1. The number of thioether (sulfide) groups is 1. The van der Waals surface area contributed by atoms with Gasteiger partial charge in [-0.3, -0.25) is 4.79 Å². The van der Waals surface area contributed by atoms with Gasteiger partial charge in [-0.2, -0.15) is 11.8 Å². The monoisotopic (exact) mass is 284 g/mol. The normalized spacial score (nSPS) is 16.7. The number of aliphatic carboxylic acids is 1. The summed E-state index contributed by atoms with van der Waals surface area (Å²) in [7, 11) is 0. The van der Waals surface area contributed by atoms with Gasteiger partial charge in [0.15, 0.2) is 0 Å². The Hall–Kier alpha value is -0.670. The lowest BCUT2D eigenvalue weighted by molar-refractivity contribution is -0.136. The highest BCUT2D eigenvalue weighted by atomic mass is 35.5. The van der Waals surface area contributed by atoms with Crippen LogP contribution in [0, 0.1) is 0 Å². The van der Waals surface area contributed by atoms with Gasteiger partial charge >= 0.3 is 5.97 Å². The first kappa shape index (κ1) is 13.8. The van der Waals surface area contributed by atoms with Crippen molar-refractivity contribution in [1.82, 2.24) is 0 Å². The molecule has 1 aliphatic rings. The summed E-state index contributed by atoms with van der Waals surface area (Å²) in [4.78, 5) is 10.5. The number of benzene rings is 1. The molecule has 0 radical (unpaired) electrons. The van der Waals surface area contributed by atoms with Crippen LogP contribution in [0.15, 0.2) is 18.2 Å².